The van der Waals surface area contributed by atoms with Gasteiger partial charge >= 0.3 is 24.5 Å². The first-order valence-corrected chi connectivity index (χ1v) is 22.1. The van der Waals surface area contributed by atoms with Crippen LogP contribution in [0.15, 0.2) is 72.8 Å². The van der Waals surface area contributed by atoms with E-state index in [2.05, 4.69) is 6.92 Å². The lowest BCUT2D eigenvalue weighted by Crippen LogP contribution is -2.44. The number of hydrogen-bond acceptors (Lipinski definition) is 8. The summed E-state index contributed by atoms with van der Waals surface area (Å²) in [5.74, 6) is 1.69. The van der Waals surface area contributed by atoms with Gasteiger partial charge in [-0.3, -0.25) is 4.79 Å². The fourth-order valence-electron chi connectivity index (χ4n) is 5.48. The van der Waals surface area contributed by atoms with Crippen LogP contribution in [0.4, 0.5) is 31.1 Å². The molecule has 0 N–H and O–H groups in total. The van der Waals surface area contributed by atoms with Crippen molar-refractivity contribution in [1.29, 1.82) is 0 Å². The van der Waals surface area contributed by atoms with Crippen LogP contribution >= 0.6 is 0 Å². The lowest BCUT2D eigenvalue weighted by molar-refractivity contribution is -0.317. The van der Waals surface area contributed by atoms with Crippen molar-refractivity contribution in [2.45, 2.75) is 189 Å². The second kappa shape index (κ2) is 23.9. The van der Waals surface area contributed by atoms with Gasteiger partial charge in [-0.25, -0.2) is 4.79 Å². The van der Waals surface area contributed by atoms with Crippen LogP contribution in [0.5, 0.6) is 11.5 Å². The van der Waals surface area contributed by atoms with Crippen molar-refractivity contribution in [2.24, 2.45) is 5.41 Å². The molecular formula is C51H74F6O8. The van der Waals surface area contributed by atoms with E-state index in [1.165, 1.54) is 38.3 Å². The third-order valence-corrected chi connectivity index (χ3v) is 11.5. The zero-order valence-electron chi connectivity index (χ0n) is 41.5. The van der Waals surface area contributed by atoms with E-state index >= 15 is 0 Å². The zero-order valence-corrected chi connectivity index (χ0v) is 41.5. The number of carbonyl (C=O) groups is 2. The molecule has 0 fully saturated rings. The summed E-state index contributed by atoms with van der Waals surface area (Å²) in [6.07, 6.45) is -8.12. The smallest absolute Gasteiger partial charge is 0.488 e. The van der Waals surface area contributed by atoms with Gasteiger partial charge in [0.2, 0.25) is 5.60 Å². The number of methoxy groups -OCH3 is 1. The lowest BCUT2D eigenvalue weighted by atomic mass is 9.91. The first-order chi connectivity index (χ1) is 29.6. The maximum atomic E-state index is 13.6. The molecule has 5 unspecified atom stereocenters. The number of alkyl halides is 6. The molecule has 0 radical (unpaired) electrons. The second-order valence-electron chi connectivity index (χ2n) is 18.7. The van der Waals surface area contributed by atoms with Crippen molar-refractivity contribution >= 4 is 12.1 Å². The number of carbonyl (C=O) groups excluding carboxylic acids is 2. The Balaban J connectivity index is 0.000000490. The fourth-order valence-corrected chi connectivity index (χ4v) is 5.48. The zero-order chi connectivity index (χ0) is 50.4. The Morgan fingerprint density at radius 3 is 1.29 bits per heavy atom. The Hall–Kier alpha value is -4.30. The molecular weight excluding hydrogens is 855 g/mol. The van der Waals surface area contributed by atoms with E-state index in [0.717, 1.165) is 56.4 Å². The summed E-state index contributed by atoms with van der Waals surface area (Å²) in [5, 5.41) is 0. The highest BCUT2D eigenvalue weighted by molar-refractivity contribution is 5.78. The summed E-state index contributed by atoms with van der Waals surface area (Å²) in [6.45, 7) is 28.0. The molecule has 14 heteroatoms. The van der Waals surface area contributed by atoms with Gasteiger partial charge in [-0.15, -0.1) is 0 Å². The summed E-state index contributed by atoms with van der Waals surface area (Å²) in [7, 11) is 1.31. The Morgan fingerprint density at radius 1 is 0.554 bits per heavy atom. The van der Waals surface area contributed by atoms with Gasteiger partial charge in [0.1, 0.15) is 22.7 Å². The maximum absolute atomic E-state index is 13.6. The van der Waals surface area contributed by atoms with Gasteiger partial charge in [-0.1, -0.05) is 90.1 Å². The van der Waals surface area contributed by atoms with Crippen LogP contribution in [0.25, 0.3) is 0 Å². The van der Waals surface area contributed by atoms with Crippen LogP contribution in [0, 0.1) is 5.41 Å². The van der Waals surface area contributed by atoms with Crippen LogP contribution in [-0.2, 0) is 34.9 Å². The minimum Gasteiger partial charge on any atom is -0.488 e. The predicted octanol–water partition coefficient (Wildman–Crippen LogP) is 15.5. The van der Waals surface area contributed by atoms with E-state index in [4.69, 9.17) is 28.4 Å². The van der Waals surface area contributed by atoms with Crippen LogP contribution in [-0.4, -0.2) is 49.1 Å². The molecule has 8 nitrogen and oxygen atoms in total. The molecule has 0 saturated heterocycles. The SMILES string of the molecule is CCC(C)(C)Oc1ccc(OC(=O)C(C)(C)CC)cc1.CCC(C)c1ccc(C(C)(OC(=O)OC(C)(C)C)C(F)(F)F)cc1.CCC(C)c1ccc(C(C)(OC(C)OC)C(F)(F)F)cc1. The van der Waals surface area contributed by atoms with Gasteiger partial charge in [0.15, 0.2) is 11.9 Å². The molecule has 3 rings (SSSR count). The summed E-state index contributed by atoms with van der Waals surface area (Å²) in [6, 6.07) is 19.6. The van der Waals surface area contributed by atoms with Crippen LogP contribution < -0.4 is 9.47 Å². The van der Waals surface area contributed by atoms with Crippen molar-refractivity contribution in [3.05, 3.63) is 95.1 Å². The molecule has 3 aromatic carbocycles. The molecule has 5 atom stereocenters. The van der Waals surface area contributed by atoms with Crippen molar-refractivity contribution in [2.75, 3.05) is 7.11 Å². The van der Waals surface area contributed by atoms with E-state index in [0.29, 0.717) is 11.7 Å². The minimum absolute atomic E-state index is 0.0750. The Morgan fingerprint density at radius 2 is 0.954 bits per heavy atom. The molecule has 0 aliphatic rings. The summed E-state index contributed by atoms with van der Waals surface area (Å²) < 4.78 is 112. The fraction of sp³-hybridized carbons (Fsp3) is 0.608. The molecule has 0 aliphatic carbocycles. The Labute approximate surface area is 384 Å². The van der Waals surface area contributed by atoms with Gasteiger partial charge in [-0.2, -0.15) is 26.3 Å². The molecule has 3 aromatic rings. The van der Waals surface area contributed by atoms with Crippen molar-refractivity contribution in [3.63, 3.8) is 0 Å². The molecule has 0 saturated carbocycles. The average Bonchev–Trinajstić information content (AvgIpc) is 3.22. The number of esters is 1. The van der Waals surface area contributed by atoms with Gasteiger partial charge in [0, 0.05) is 12.7 Å². The average molecular weight is 929 g/mol. The number of rotatable bonds is 16. The van der Waals surface area contributed by atoms with Crippen molar-refractivity contribution in [1.82, 2.24) is 0 Å². The van der Waals surface area contributed by atoms with E-state index in [1.807, 2.05) is 74.4 Å². The van der Waals surface area contributed by atoms with Gasteiger partial charge < -0.3 is 28.4 Å². The van der Waals surface area contributed by atoms with Gasteiger partial charge in [0.25, 0.3) is 0 Å². The number of benzene rings is 3. The molecule has 0 aliphatic heterocycles. The molecule has 0 heterocycles. The van der Waals surface area contributed by atoms with Crippen molar-refractivity contribution in [3.8, 4) is 11.5 Å². The minimum atomic E-state index is -4.78. The summed E-state index contributed by atoms with van der Waals surface area (Å²) >= 11 is 0. The predicted molar refractivity (Wildman–Crippen MR) is 243 cm³/mol. The first kappa shape index (κ1) is 58.7. The molecule has 0 aromatic heterocycles. The molecule has 0 amide bonds. The van der Waals surface area contributed by atoms with E-state index in [9.17, 15) is 35.9 Å². The quantitative estimate of drug-likeness (QED) is 0.0607. The number of hydrogen-bond donors (Lipinski definition) is 0. The van der Waals surface area contributed by atoms with Crippen molar-refractivity contribution < 1.29 is 64.4 Å². The summed E-state index contributed by atoms with van der Waals surface area (Å²) in [5.41, 5.74) is -4.88. The highest BCUT2D eigenvalue weighted by Crippen LogP contribution is 2.44. The number of halogens is 6. The maximum Gasteiger partial charge on any atom is 0.510 e. The molecule has 0 bridgehead atoms. The highest BCUT2D eigenvalue weighted by atomic mass is 19.4. The second-order valence-corrected chi connectivity index (χ2v) is 18.7. The third-order valence-electron chi connectivity index (χ3n) is 11.5. The molecule has 0 spiro atoms. The van der Waals surface area contributed by atoms with Crippen LogP contribution in [0.1, 0.15) is 171 Å². The van der Waals surface area contributed by atoms with E-state index < -0.39 is 47.0 Å². The lowest BCUT2D eigenvalue weighted by Gasteiger charge is -2.34. The third kappa shape index (κ3) is 17.8. The monoisotopic (exact) mass is 929 g/mol. The Kier molecular flexibility index (Phi) is 21.6. The largest absolute Gasteiger partial charge is 0.510 e. The highest BCUT2D eigenvalue weighted by Gasteiger charge is 2.57. The number of ether oxygens (including phenoxy) is 6. The standard InChI is InChI=1S/C18H25F3O3.C17H26O3.C16H23F3O2/c1-7-12(2)13-8-10-14(11-9-13)17(6,18(19,20)21)24-15(22)23-16(3,4)5;1-7-16(3,4)15(18)19-13-9-11-14(12-10-13)20-17(5,6)8-2;1-6-11(2)13-7-9-14(10-8-13)15(4,16(17,18)19)21-12(3)20-5/h8-12H,7H2,1-6H3;9-12H,7-8H2,1-6H3;7-12H,6H2,1-5H3. The first-order valence-electron chi connectivity index (χ1n) is 22.1. The summed E-state index contributed by atoms with van der Waals surface area (Å²) in [4.78, 5) is 23.7. The Bertz CT molecular complexity index is 1880. The normalized spacial score (nSPS) is 15.6. The molecule has 368 valence electrons. The van der Waals surface area contributed by atoms with E-state index in [-0.39, 0.29) is 28.6 Å². The van der Waals surface area contributed by atoms with E-state index in [1.54, 1.807) is 57.2 Å². The van der Waals surface area contributed by atoms with Gasteiger partial charge in [0.05, 0.1) is 5.41 Å². The van der Waals surface area contributed by atoms with Gasteiger partial charge in [-0.05, 0) is 148 Å². The topological polar surface area (TPSA) is 89.5 Å². The van der Waals surface area contributed by atoms with Crippen LogP contribution in [0.2, 0.25) is 0 Å². The molecule has 65 heavy (non-hydrogen) atoms. The van der Waals surface area contributed by atoms with Crippen LogP contribution in [0.3, 0.4) is 0 Å².